The first-order valence-corrected chi connectivity index (χ1v) is 7.64. The van der Waals surface area contributed by atoms with Crippen molar-refractivity contribution in [2.75, 3.05) is 26.2 Å². The van der Waals surface area contributed by atoms with Crippen LogP contribution in [0, 0.1) is 11.8 Å². The minimum Gasteiger partial charge on any atom is -0.394 e. The Balaban J connectivity index is 1.86. The third-order valence-corrected chi connectivity index (χ3v) is 5.10. The maximum Gasteiger partial charge on any atom is 0.0610 e. The van der Waals surface area contributed by atoms with Crippen molar-refractivity contribution in [1.29, 1.82) is 0 Å². The topological polar surface area (TPSA) is 35.5 Å². The van der Waals surface area contributed by atoms with Crippen molar-refractivity contribution in [1.82, 2.24) is 10.2 Å². The van der Waals surface area contributed by atoms with Gasteiger partial charge in [-0.3, -0.25) is 0 Å². The summed E-state index contributed by atoms with van der Waals surface area (Å²) in [6.45, 7) is 10.6. The van der Waals surface area contributed by atoms with Crippen LogP contribution >= 0.6 is 0 Å². The summed E-state index contributed by atoms with van der Waals surface area (Å²) < 4.78 is 0. The molecule has 2 unspecified atom stereocenters. The van der Waals surface area contributed by atoms with Crippen LogP contribution in [0.3, 0.4) is 0 Å². The van der Waals surface area contributed by atoms with E-state index in [0.717, 1.165) is 24.8 Å². The summed E-state index contributed by atoms with van der Waals surface area (Å²) in [6.07, 6.45) is 5.15. The first-order valence-electron chi connectivity index (χ1n) is 7.64. The Morgan fingerprint density at radius 2 is 1.89 bits per heavy atom. The normalized spacial score (nSPS) is 36.2. The van der Waals surface area contributed by atoms with Crippen LogP contribution in [-0.2, 0) is 0 Å². The molecule has 2 saturated heterocycles. The van der Waals surface area contributed by atoms with Gasteiger partial charge in [-0.25, -0.2) is 0 Å². The molecule has 0 aromatic carbocycles. The average Bonchev–Trinajstić information content (AvgIpc) is 2.39. The highest BCUT2D eigenvalue weighted by Crippen LogP contribution is 2.35. The second kappa shape index (κ2) is 5.89. The van der Waals surface area contributed by atoms with Crippen LogP contribution < -0.4 is 5.32 Å². The summed E-state index contributed by atoms with van der Waals surface area (Å²) in [5.74, 6) is 1.70. The zero-order chi connectivity index (χ0) is 13.2. The van der Waals surface area contributed by atoms with Crippen molar-refractivity contribution >= 4 is 0 Å². The molecule has 0 aliphatic carbocycles. The first-order chi connectivity index (χ1) is 8.54. The van der Waals surface area contributed by atoms with Gasteiger partial charge in [0.2, 0.25) is 0 Å². The molecule has 2 N–H and O–H groups in total. The van der Waals surface area contributed by atoms with Crippen LogP contribution in [0.5, 0.6) is 0 Å². The number of rotatable bonds is 3. The van der Waals surface area contributed by atoms with Crippen molar-refractivity contribution in [3.05, 3.63) is 0 Å². The molecule has 0 bridgehead atoms. The minimum absolute atomic E-state index is 0.0297. The Bertz CT molecular complexity index is 261. The lowest BCUT2D eigenvalue weighted by Gasteiger charge is -2.44. The maximum absolute atomic E-state index is 9.51. The Labute approximate surface area is 112 Å². The molecule has 3 heteroatoms. The Morgan fingerprint density at radius 3 is 2.44 bits per heavy atom. The molecule has 18 heavy (non-hydrogen) atoms. The van der Waals surface area contributed by atoms with Crippen LogP contribution in [-0.4, -0.2) is 47.8 Å². The molecule has 0 spiro atoms. The summed E-state index contributed by atoms with van der Waals surface area (Å²) >= 11 is 0. The van der Waals surface area contributed by atoms with Gasteiger partial charge in [0.1, 0.15) is 0 Å². The van der Waals surface area contributed by atoms with Crippen LogP contribution in [0.25, 0.3) is 0 Å². The van der Waals surface area contributed by atoms with Crippen molar-refractivity contribution < 1.29 is 5.11 Å². The van der Waals surface area contributed by atoms with Crippen LogP contribution in [0.1, 0.15) is 46.5 Å². The van der Waals surface area contributed by atoms with E-state index in [1.165, 1.54) is 32.4 Å². The lowest BCUT2D eigenvalue weighted by Crippen LogP contribution is -2.53. The fraction of sp³-hybridized carbons (Fsp3) is 1.00. The van der Waals surface area contributed by atoms with E-state index in [1.807, 2.05) is 0 Å². The van der Waals surface area contributed by atoms with Crippen molar-refractivity contribution in [2.45, 2.75) is 58.0 Å². The molecule has 2 heterocycles. The van der Waals surface area contributed by atoms with Gasteiger partial charge in [0.15, 0.2) is 0 Å². The molecule has 0 aromatic heterocycles. The van der Waals surface area contributed by atoms with E-state index in [1.54, 1.807) is 0 Å². The van der Waals surface area contributed by atoms with Gasteiger partial charge in [-0.2, -0.15) is 0 Å². The lowest BCUT2D eigenvalue weighted by atomic mass is 9.73. The second-order valence-electron chi connectivity index (χ2n) is 6.87. The van der Waals surface area contributed by atoms with Crippen molar-refractivity contribution in [2.24, 2.45) is 11.8 Å². The third kappa shape index (κ3) is 3.25. The quantitative estimate of drug-likeness (QED) is 0.807. The summed E-state index contributed by atoms with van der Waals surface area (Å²) in [5, 5.41) is 13.0. The molecule has 106 valence electrons. The Hall–Kier alpha value is -0.120. The SMILES string of the molecule is CC(C)N1CCC(C2CCNC(C)(CO)C2)CC1. The summed E-state index contributed by atoms with van der Waals surface area (Å²) in [4.78, 5) is 2.60. The maximum atomic E-state index is 9.51. The number of piperidine rings is 2. The number of likely N-dealkylation sites (tertiary alicyclic amines) is 1. The minimum atomic E-state index is -0.0297. The molecular weight excluding hydrogens is 224 g/mol. The highest BCUT2D eigenvalue weighted by atomic mass is 16.3. The van der Waals surface area contributed by atoms with Crippen LogP contribution in [0.4, 0.5) is 0 Å². The van der Waals surface area contributed by atoms with E-state index in [-0.39, 0.29) is 12.1 Å². The smallest absolute Gasteiger partial charge is 0.0610 e. The van der Waals surface area contributed by atoms with E-state index >= 15 is 0 Å². The molecule has 0 saturated carbocycles. The van der Waals surface area contributed by atoms with Gasteiger partial charge in [-0.15, -0.1) is 0 Å². The molecule has 2 aliphatic heterocycles. The summed E-state index contributed by atoms with van der Waals surface area (Å²) in [7, 11) is 0. The molecule has 2 atom stereocenters. The standard InChI is InChI=1S/C15H30N2O/c1-12(2)17-8-5-13(6-9-17)14-4-7-16-15(3,10-14)11-18/h12-14,16,18H,4-11H2,1-3H3. The predicted octanol–water partition coefficient (Wildman–Crippen LogP) is 1.86. The average molecular weight is 254 g/mol. The number of nitrogens with one attached hydrogen (secondary N) is 1. The number of hydrogen-bond donors (Lipinski definition) is 2. The van der Waals surface area contributed by atoms with Gasteiger partial charge in [-0.1, -0.05) is 0 Å². The molecule has 2 rings (SSSR count). The van der Waals surface area contributed by atoms with Gasteiger partial charge in [0, 0.05) is 11.6 Å². The fourth-order valence-corrected chi connectivity index (χ4v) is 3.74. The zero-order valence-corrected chi connectivity index (χ0v) is 12.3. The van der Waals surface area contributed by atoms with Crippen LogP contribution in [0.2, 0.25) is 0 Å². The molecule has 0 aromatic rings. The molecule has 2 aliphatic rings. The zero-order valence-electron chi connectivity index (χ0n) is 12.3. The van der Waals surface area contributed by atoms with Gasteiger partial charge < -0.3 is 15.3 Å². The van der Waals surface area contributed by atoms with Crippen LogP contribution in [0.15, 0.2) is 0 Å². The van der Waals surface area contributed by atoms with E-state index < -0.39 is 0 Å². The summed E-state index contributed by atoms with van der Waals surface area (Å²) in [6, 6.07) is 0.696. The number of aliphatic hydroxyl groups is 1. The van der Waals surface area contributed by atoms with Crippen molar-refractivity contribution in [3.8, 4) is 0 Å². The van der Waals surface area contributed by atoms with Gasteiger partial charge in [0.05, 0.1) is 6.61 Å². The monoisotopic (exact) mass is 254 g/mol. The first kappa shape index (κ1) is 14.3. The fourth-order valence-electron chi connectivity index (χ4n) is 3.74. The molecular formula is C15H30N2O. The van der Waals surface area contributed by atoms with Gasteiger partial charge >= 0.3 is 0 Å². The van der Waals surface area contributed by atoms with Gasteiger partial charge in [-0.05, 0) is 77.9 Å². The largest absolute Gasteiger partial charge is 0.394 e. The highest BCUT2D eigenvalue weighted by molar-refractivity contribution is 4.92. The Morgan fingerprint density at radius 1 is 1.22 bits per heavy atom. The second-order valence-corrected chi connectivity index (χ2v) is 6.87. The third-order valence-electron chi connectivity index (χ3n) is 5.10. The van der Waals surface area contributed by atoms with E-state index in [2.05, 4.69) is 31.0 Å². The summed E-state index contributed by atoms with van der Waals surface area (Å²) in [5.41, 5.74) is -0.0297. The van der Waals surface area contributed by atoms with E-state index in [4.69, 9.17) is 0 Å². The van der Waals surface area contributed by atoms with Gasteiger partial charge in [0.25, 0.3) is 0 Å². The molecule has 3 nitrogen and oxygen atoms in total. The van der Waals surface area contributed by atoms with Crippen molar-refractivity contribution in [3.63, 3.8) is 0 Å². The molecule has 0 radical (unpaired) electrons. The number of aliphatic hydroxyl groups excluding tert-OH is 1. The number of nitrogens with zero attached hydrogens (tertiary/aromatic N) is 1. The number of hydrogen-bond acceptors (Lipinski definition) is 3. The predicted molar refractivity (Wildman–Crippen MR) is 75.7 cm³/mol. The molecule has 0 amide bonds. The lowest BCUT2D eigenvalue weighted by molar-refractivity contribution is 0.0627. The van der Waals surface area contributed by atoms with E-state index in [9.17, 15) is 5.11 Å². The van der Waals surface area contributed by atoms with E-state index in [0.29, 0.717) is 6.04 Å². The highest BCUT2D eigenvalue weighted by Gasteiger charge is 2.36. The molecule has 2 fully saturated rings. The Kier molecular flexibility index (Phi) is 4.68.